The first-order valence-corrected chi connectivity index (χ1v) is 13.3. The molecule has 4 rings (SSSR count). The van der Waals surface area contributed by atoms with E-state index in [2.05, 4.69) is 10.0 Å². The zero-order chi connectivity index (χ0) is 25.3. The molecule has 0 unspecified atom stereocenters. The summed E-state index contributed by atoms with van der Waals surface area (Å²) >= 11 is 0. The number of likely N-dealkylation sites (tertiary alicyclic amines) is 1. The summed E-state index contributed by atoms with van der Waals surface area (Å²) in [4.78, 5) is 26.4. The normalized spacial score (nSPS) is 14.6. The molecule has 2 amide bonds. The van der Waals surface area contributed by atoms with Crippen LogP contribution in [0.25, 0.3) is 11.0 Å². The fraction of sp³-hybridized carbons (Fsp3) is 0.385. The average Bonchev–Trinajstić information content (AvgIpc) is 2.96. The van der Waals surface area contributed by atoms with Gasteiger partial charge in [-0.05, 0) is 75.1 Å². The van der Waals surface area contributed by atoms with Gasteiger partial charge in [0.05, 0.1) is 0 Å². The van der Waals surface area contributed by atoms with Crippen molar-refractivity contribution < 1.29 is 22.4 Å². The van der Waals surface area contributed by atoms with Crippen LogP contribution in [0.5, 0.6) is 0 Å². The number of carbonyl (C=O) groups is 2. The van der Waals surface area contributed by atoms with Gasteiger partial charge in [-0.2, -0.15) is 0 Å². The van der Waals surface area contributed by atoms with Gasteiger partial charge in [-0.3, -0.25) is 14.3 Å². The smallest absolute Gasteiger partial charge is 0.289 e. The van der Waals surface area contributed by atoms with Crippen LogP contribution < -0.4 is 10.0 Å². The lowest BCUT2D eigenvalue weighted by molar-refractivity contribution is -0.114. The molecule has 9 heteroatoms. The Labute approximate surface area is 205 Å². The predicted molar refractivity (Wildman–Crippen MR) is 136 cm³/mol. The number of fused-ring (bicyclic) bond motifs is 1. The van der Waals surface area contributed by atoms with Gasteiger partial charge in [0.25, 0.3) is 15.9 Å². The Morgan fingerprint density at radius 3 is 2.11 bits per heavy atom. The monoisotopic (exact) mass is 497 g/mol. The van der Waals surface area contributed by atoms with Crippen molar-refractivity contribution in [2.24, 2.45) is 0 Å². The minimum atomic E-state index is -4.04. The molecule has 35 heavy (non-hydrogen) atoms. The van der Waals surface area contributed by atoms with Crippen molar-refractivity contribution in [3.05, 3.63) is 52.8 Å². The van der Waals surface area contributed by atoms with Gasteiger partial charge in [0.15, 0.2) is 11.3 Å². The molecular formula is C26H31N3O5S. The van der Waals surface area contributed by atoms with Gasteiger partial charge in [-0.1, -0.05) is 12.8 Å². The lowest BCUT2D eigenvalue weighted by Crippen LogP contribution is -2.31. The molecule has 2 heterocycles. The number of rotatable bonds is 5. The van der Waals surface area contributed by atoms with Crippen LogP contribution in [-0.4, -0.2) is 38.2 Å². The second-order valence-corrected chi connectivity index (χ2v) is 10.8. The molecule has 1 aromatic heterocycles. The third-order valence-corrected chi connectivity index (χ3v) is 8.04. The van der Waals surface area contributed by atoms with Gasteiger partial charge in [0, 0.05) is 42.3 Å². The molecule has 0 saturated carbocycles. The van der Waals surface area contributed by atoms with E-state index < -0.39 is 10.0 Å². The summed E-state index contributed by atoms with van der Waals surface area (Å²) in [6.45, 7) is 8.13. The summed E-state index contributed by atoms with van der Waals surface area (Å²) in [5.74, 6) is -0.210. The van der Waals surface area contributed by atoms with Gasteiger partial charge < -0.3 is 14.6 Å². The lowest BCUT2D eigenvalue weighted by atomic mass is 10.0. The highest BCUT2D eigenvalue weighted by Gasteiger charge is 2.30. The van der Waals surface area contributed by atoms with E-state index in [1.54, 1.807) is 43.0 Å². The number of sulfonamides is 1. The van der Waals surface area contributed by atoms with Crippen LogP contribution in [0.4, 0.5) is 11.4 Å². The van der Waals surface area contributed by atoms with E-state index in [4.69, 9.17) is 4.42 Å². The van der Waals surface area contributed by atoms with Gasteiger partial charge >= 0.3 is 0 Å². The highest BCUT2D eigenvalue weighted by atomic mass is 32.2. The van der Waals surface area contributed by atoms with Crippen molar-refractivity contribution in [2.45, 2.75) is 58.3 Å². The second-order valence-electron chi connectivity index (χ2n) is 9.15. The number of carbonyl (C=O) groups excluding carboxylic acids is 2. The first-order chi connectivity index (χ1) is 16.6. The molecule has 0 bridgehead atoms. The third kappa shape index (κ3) is 5.05. The maximum Gasteiger partial charge on any atom is 0.289 e. The molecule has 2 N–H and O–H groups in total. The van der Waals surface area contributed by atoms with Gasteiger partial charge in [0.1, 0.15) is 4.90 Å². The van der Waals surface area contributed by atoms with Gasteiger partial charge in [-0.25, -0.2) is 8.42 Å². The molecule has 1 fully saturated rings. The molecule has 1 saturated heterocycles. The number of aryl methyl sites for hydroxylation is 2. The molecule has 0 aliphatic carbocycles. The van der Waals surface area contributed by atoms with Crippen LogP contribution >= 0.6 is 0 Å². The van der Waals surface area contributed by atoms with Crippen LogP contribution in [0.3, 0.4) is 0 Å². The number of anilines is 2. The predicted octanol–water partition coefficient (Wildman–Crippen LogP) is 5.13. The van der Waals surface area contributed by atoms with Crippen molar-refractivity contribution in [3.63, 3.8) is 0 Å². The highest BCUT2D eigenvalue weighted by molar-refractivity contribution is 7.93. The summed E-state index contributed by atoms with van der Waals surface area (Å²) in [5, 5.41) is 3.27. The van der Waals surface area contributed by atoms with E-state index >= 15 is 0 Å². The van der Waals surface area contributed by atoms with Crippen molar-refractivity contribution in [1.29, 1.82) is 0 Å². The average molecular weight is 498 g/mol. The van der Waals surface area contributed by atoms with E-state index in [0.717, 1.165) is 31.2 Å². The van der Waals surface area contributed by atoms with Crippen LogP contribution in [0.1, 0.15) is 59.9 Å². The van der Waals surface area contributed by atoms with Gasteiger partial charge in [0.2, 0.25) is 5.91 Å². The molecule has 1 aliphatic rings. The van der Waals surface area contributed by atoms with E-state index in [-0.39, 0.29) is 28.1 Å². The van der Waals surface area contributed by atoms with Crippen LogP contribution in [0, 0.1) is 20.8 Å². The molecule has 2 aromatic carbocycles. The van der Waals surface area contributed by atoms with E-state index in [9.17, 15) is 18.0 Å². The Balaban J connectivity index is 1.75. The van der Waals surface area contributed by atoms with Gasteiger partial charge in [-0.15, -0.1) is 0 Å². The maximum absolute atomic E-state index is 13.6. The molecule has 0 radical (unpaired) electrons. The zero-order valence-corrected chi connectivity index (χ0v) is 21.3. The summed E-state index contributed by atoms with van der Waals surface area (Å²) in [5.41, 5.74) is 3.09. The Morgan fingerprint density at radius 2 is 1.51 bits per heavy atom. The molecule has 3 aromatic rings. The first-order valence-electron chi connectivity index (χ1n) is 11.8. The second kappa shape index (κ2) is 9.73. The van der Waals surface area contributed by atoms with Crippen LogP contribution in [0.2, 0.25) is 0 Å². The van der Waals surface area contributed by atoms with Crippen LogP contribution in [-0.2, 0) is 14.8 Å². The SMILES string of the molecule is CC(=O)Nc1ccc(NS(=O)(=O)c2c(C)c(C)cc3c(C)c(C(=O)N4CCCCCC4)oc23)cc1. The number of furan rings is 1. The number of nitrogens with zero attached hydrogens (tertiary/aromatic N) is 1. The highest BCUT2D eigenvalue weighted by Crippen LogP contribution is 2.36. The van der Waals surface area contributed by atoms with Crippen molar-refractivity contribution in [2.75, 3.05) is 23.1 Å². The van der Waals surface area contributed by atoms with Crippen molar-refractivity contribution in [1.82, 2.24) is 4.90 Å². The summed E-state index contributed by atoms with van der Waals surface area (Å²) in [6, 6.07) is 8.27. The minimum absolute atomic E-state index is 0.0245. The number of amides is 2. The number of benzene rings is 2. The molecule has 0 spiro atoms. The summed E-state index contributed by atoms with van der Waals surface area (Å²) in [7, 11) is -4.04. The number of nitrogens with one attached hydrogen (secondary N) is 2. The molecular weight excluding hydrogens is 466 g/mol. The Hall–Kier alpha value is -3.33. The molecule has 186 valence electrons. The zero-order valence-electron chi connectivity index (χ0n) is 20.5. The summed E-state index contributed by atoms with van der Waals surface area (Å²) in [6.07, 6.45) is 4.10. The fourth-order valence-electron chi connectivity index (χ4n) is 4.52. The summed E-state index contributed by atoms with van der Waals surface area (Å²) < 4.78 is 35.8. The van der Waals surface area contributed by atoms with Crippen molar-refractivity contribution in [3.8, 4) is 0 Å². The number of hydrogen-bond donors (Lipinski definition) is 2. The quantitative estimate of drug-likeness (QED) is 0.508. The molecule has 8 nitrogen and oxygen atoms in total. The fourth-order valence-corrected chi connectivity index (χ4v) is 6.03. The third-order valence-electron chi connectivity index (χ3n) is 6.51. The first kappa shape index (κ1) is 24.8. The topological polar surface area (TPSA) is 109 Å². The number of hydrogen-bond acceptors (Lipinski definition) is 5. The Morgan fingerprint density at radius 1 is 0.914 bits per heavy atom. The van der Waals surface area contributed by atoms with E-state index in [1.807, 2.05) is 13.0 Å². The lowest BCUT2D eigenvalue weighted by Gasteiger charge is -2.19. The molecule has 0 atom stereocenters. The van der Waals surface area contributed by atoms with E-state index in [0.29, 0.717) is 41.0 Å². The standard InChI is InChI=1S/C26H31N3O5S/c1-16-15-22-18(3)23(26(31)29-13-7-5-6-8-14-29)34-24(22)25(17(16)2)35(32,33)28-21-11-9-20(10-12-21)27-19(4)30/h9-12,15,28H,5-8,13-14H2,1-4H3,(H,27,30). The molecule has 1 aliphatic heterocycles. The van der Waals surface area contributed by atoms with E-state index in [1.165, 1.54) is 6.92 Å². The minimum Gasteiger partial charge on any atom is -0.449 e. The Kier molecular flexibility index (Phi) is 6.89. The largest absolute Gasteiger partial charge is 0.449 e. The maximum atomic E-state index is 13.6. The Bertz CT molecular complexity index is 1380. The van der Waals surface area contributed by atoms with Crippen molar-refractivity contribution >= 4 is 44.2 Å². The van der Waals surface area contributed by atoms with Crippen LogP contribution in [0.15, 0.2) is 39.6 Å².